The number of anilines is 1. The number of hydrazone groups is 1. The van der Waals surface area contributed by atoms with Crippen molar-refractivity contribution in [3.63, 3.8) is 0 Å². The highest BCUT2D eigenvalue weighted by Gasteiger charge is 2.23. The van der Waals surface area contributed by atoms with Crippen molar-refractivity contribution in [3.8, 4) is 11.5 Å². The van der Waals surface area contributed by atoms with Gasteiger partial charge in [-0.2, -0.15) is 5.10 Å². The first-order chi connectivity index (χ1) is 12.9. The number of ether oxygens (including phenoxy) is 2. The number of carbonyl (C=O) groups excluding carboxylic acids is 1. The molecule has 0 unspecified atom stereocenters. The Morgan fingerprint density at radius 3 is 2.30 bits per heavy atom. The summed E-state index contributed by atoms with van der Waals surface area (Å²) in [6.45, 7) is -0.442. The van der Waals surface area contributed by atoms with Crippen LogP contribution in [0.2, 0.25) is 0 Å². The maximum Gasteiger partial charge on any atom is 0.260 e. The predicted molar refractivity (Wildman–Crippen MR) is 104 cm³/mol. The molecule has 0 spiro atoms. The first kappa shape index (κ1) is 20.2. The van der Waals surface area contributed by atoms with Gasteiger partial charge in [-0.15, -0.1) is 0 Å². The molecule has 9 heteroatoms. The first-order valence-corrected chi connectivity index (χ1v) is 9.77. The first-order valence-electron chi connectivity index (χ1n) is 7.92. The molecule has 0 bridgehead atoms. The molecule has 8 nitrogen and oxygen atoms in total. The van der Waals surface area contributed by atoms with Crippen LogP contribution in [0.4, 0.5) is 5.69 Å². The third-order valence-electron chi connectivity index (χ3n) is 3.57. The standard InChI is InChI=1S/C18H21N3O5S/c1-25-16-10-6-4-8-14(16)12-19-20-18(22)13-21(27(3,23)24)15-9-5-7-11-17(15)26-2/h4-12H,13H2,1-3H3,(H,20,22)/b19-12-. The lowest BCUT2D eigenvalue weighted by Crippen LogP contribution is -2.39. The summed E-state index contributed by atoms with van der Waals surface area (Å²) in [5, 5.41) is 3.86. The van der Waals surface area contributed by atoms with Gasteiger partial charge >= 0.3 is 0 Å². The minimum absolute atomic E-state index is 0.270. The molecule has 0 aliphatic carbocycles. The van der Waals surface area contributed by atoms with E-state index in [4.69, 9.17) is 9.47 Å². The molecule has 0 aromatic heterocycles. The van der Waals surface area contributed by atoms with Crippen LogP contribution in [-0.2, 0) is 14.8 Å². The van der Waals surface area contributed by atoms with Crippen molar-refractivity contribution in [3.05, 3.63) is 54.1 Å². The van der Waals surface area contributed by atoms with Crippen molar-refractivity contribution >= 4 is 27.8 Å². The molecule has 144 valence electrons. The summed E-state index contributed by atoms with van der Waals surface area (Å²) < 4.78 is 35.6. The Labute approximate surface area is 158 Å². The third-order valence-corrected chi connectivity index (χ3v) is 4.70. The van der Waals surface area contributed by atoms with E-state index in [-0.39, 0.29) is 5.69 Å². The predicted octanol–water partition coefficient (Wildman–Crippen LogP) is 1.62. The monoisotopic (exact) mass is 391 g/mol. The van der Waals surface area contributed by atoms with Gasteiger partial charge in [0.25, 0.3) is 5.91 Å². The normalized spacial score (nSPS) is 11.2. The molecule has 0 atom stereocenters. The zero-order valence-electron chi connectivity index (χ0n) is 15.2. The molecule has 2 rings (SSSR count). The van der Waals surface area contributed by atoms with E-state index in [1.807, 2.05) is 6.07 Å². The van der Waals surface area contributed by atoms with Crippen LogP contribution in [0.5, 0.6) is 11.5 Å². The molecule has 1 amide bonds. The number of rotatable bonds is 8. The molecular weight excluding hydrogens is 370 g/mol. The van der Waals surface area contributed by atoms with Gasteiger partial charge in [-0.25, -0.2) is 13.8 Å². The summed E-state index contributed by atoms with van der Waals surface area (Å²) in [5.41, 5.74) is 3.26. The Hall–Kier alpha value is -3.07. The molecule has 0 radical (unpaired) electrons. The molecule has 2 aromatic rings. The second kappa shape index (κ2) is 9.04. The molecule has 0 saturated carbocycles. The number of para-hydroxylation sites is 3. The number of nitrogens with one attached hydrogen (secondary N) is 1. The van der Waals surface area contributed by atoms with Crippen LogP contribution >= 0.6 is 0 Å². The van der Waals surface area contributed by atoms with E-state index in [0.717, 1.165) is 10.6 Å². The van der Waals surface area contributed by atoms with E-state index in [1.54, 1.807) is 42.5 Å². The zero-order valence-corrected chi connectivity index (χ0v) is 16.1. The van der Waals surface area contributed by atoms with E-state index in [1.165, 1.54) is 20.4 Å². The van der Waals surface area contributed by atoms with E-state index in [9.17, 15) is 13.2 Å². The van der Waals surface area contributed by atoms with Gasteiger partial charge in [0.05, 0.1) is 32.4 Å². The van der Waals surface area contributed by atoms with Gasteiger partial charge in [0.1, 0.15) is 18.0 Å². The lowest BCUT2D eigenvalue weighted by atomic mass is 10.2. The van der Waals surface area contributed by atoms with Crippen molar-refractivity contribution in [2.75, 3.05) is 31.3 Å². The van der Waals surface area contributed by atoms with Gasteiger partial charge in [0.15, 0.2) is 0 Å². The van der Waals surface area contributed by atoms with Crippen LogP contribution in [0, 0.1) is 0 Å². The maximum atomic E-state index is 12.2. The molecule has 27 heavy (non-hydrogen) atoms. The lowest BCUT2D eigenvalue weighted by molar-refractivity contribution is -0.119. The molecule has 0 aliphatic heterocycles. The van der Waals surface area contributed by atoms with E-state index in [0.29, 0.717) is 17.1 Å². The summed E-state index contributed by atoms with van der Waals surface area (Å²) in [6, 6.07) is 13.7. The number of benzene rings is 2. The van der Waals surface area contributed by atoms with Gasteiger partial charge in [0.2, 0.25) is 10.0 Å². The fourth-order valence-corrected chi connectivity index (χ4v) is 3.19. The average Bonchev–Trinajstić information content (AvgIpc) is 2.65. The Morgan fingerprint density at radius 2 is 1.67 bits per heavy atom. The minimum atomic E-state index is -3.71. The Balaban J connectivity index is 2.14. The maximum absolute atomic E-state index is 12.2. The highest BCUT2D eigenvalue weighted by Crippen LogP contribution is 2.29. The van der Waals surface area contributed by atoms with E-state index in [2.05, 4.69) is 10.5 Å². The Kier molecular flexibility index (Phi) is 6.78. The fourth-order valence-electron chi connectivity index (χ4n) is 2.33. The molecule has 0 saturated heterocycles. The summed E-state index contributed by atoms with van der Waals surface area (Å²) in [6.07, 6.45) is 2.44. The van der Waals surface area contributed by atoms with Crippen LogP contribution < -0.4 is 19.2 Å². The van der Waals surface area contributed by atoms with Crippen molar-refractivity contribution < 1.29 is 22.7 Å². The molecule has 1 N–H and O–H groups in total. The zero-order chi connectivity index (χ0) is 19.9. The van der Waals surface area contributed by atoms with Gasteiger partial charge in [-0.05, 0) is 24.3 Å². The number of hydrogen-bond acceptors (Lipinski definition) is 6. The number of methoxy groups -OCH3 is 2. The van der Waals surface area contributed by atoms with E-state index < -0.39 is 22.5 Å². The summed E-state index contributed by atoms with van der Waals surface area (Å²) in [7, 11) is -0.755. The van der Waals surface area contributed by atoms with E-state index >= 15 is 0 Å². The number of carbonyl (C=O) groups is 1. The largest absolute Gasteiger partial charge is 0.496 e. The van der Waals surface area contributed by atoms with Gasteiger partial charge in [-0.1, -0.05) is 24.3 Å². The van der Waals surface area contributed by atoms with Crippen LogP contribution in [-0.4, -0.2) is 47.6 Å². The number of hydrogen-bond donors (Lipinski definition) is 1. The lowest BCUT2D eigenvalue weighted by Gasteiger charge is -2.23. The van der Waals surface area contributed by atoms with Crippen molar-refractivity contribution in [2.45, 2.75) is 0 Å². The molecule has 0 heterocycles. The third kappa shape index (κ3) is 5.45. The second-order valence-electron chi connectivity index (χ2n) is 5.48. The average molecular weight is 391 g/mol. The van der Waals surface area contributed by atoms with Gasteiger partial charge < -0.3 is 9.47 Å². The number of sulfonamides is 1. The molecule has 2 aromatic carbocycles. The fraction of sp³-hybridized carbons (Fsp3) is 0.222. The highest BCUT2D eigenvalue weighted by atomic mass is 32.2. The van der Waals surface area contributed by atoms with Crippen molar-refractivity contribution in [1.82, 2.24) is 5.43 Å². The number of nitrogens with zero attached hydrogens (tertiary/aromatic N) is 2. The molecular formula is C18H21N3O5S. The minimum Gasteiger partial charge on any atom is -0.496 e. The van der Waals surface area contributed by atoms with Gasteiger partial charge in [-0.3, -0.25) is 9.10 Å². The quantitative estimate of drug-likeness (QED) is 0.545. The SMILES string of the molecule is COc1ccccc1/C=N\NC(=O)CN(c1ccccc1OC)S(C)(=O)=O. The summed E-state index contributed by atoms with van der Waals surface area (Å²) >= 11 is 0. The Bertz CT molecular complexity index is 928. The second-order valence-corrected chi connectivity index (χ2v) is 7.38. The van der Waals surface area contributed by atoms with Crippen molar-refractivity contribution in [2.24, 2.45) is 5.10 Å². The van der Waals surface area contributed by atoms with Crippen LogP contribution in [0.3, 0.4) is 0 Å². The summed E-state index contributed by atoms with van der Waals surface area (Å²) in [4.78, 5) is 12.2. The smallest absolute Gasteiger partial charge is 0.260 e. The van der Waals surface area contributed by atoms with Crippen LogP contribution in [0.15, 0.2) is 53.6 Å². The summed E-state index contributed by atoms with van der Waals surface area (Å²) in [5.74, 6) is 0.341. The van der Waals surface area contributed by atoms with Crippen LogP contribution in [0.1, 0.15) is 5.56 Å². The molecule has 0 aliphatic rings. The molecule has 0 fully saturated rings. The topological polar surface area (TPSA) is 97.3 Å². The Morgan fingerprint density at radius 1 is 1.07 bits per heavy atom. The number of amides is 1. The highest BCUT2D eigenvalue weighted by molar-refractivity contribution is 7.92. The van der Waals surface area contributed by atoms with Gasteiger partial charge in [0, 0.05) is 5.56 Å². The van der Waals surface area contributed by atoms with Crippen LogP contribution in [0.25, 0.3) is 0 Å². The van der Waals surface area contributed by atoms with Crippen molar-refractivity contribution in [1.29, 1.82) is 0 Å².